The summed E-state index contributed by atoms with van der Waals surface area (Å²) in [7, 11) is 1.91. The molecule has 0 bridgehead atoms. The molecule has 0 aromatic carbocycles. The van der Waals surface area contributed by atoms with E-state index in [0.717, 1.165) is 11.4 Å². The number of ether oxygens (including phenoxy) is 1. The maximum absolute atomic E-state index is 5.29. The molecular formula is C8H15N3O. The van der Waals surface area contributed by atoms with Crippen molar-refractivity contribution in [1.82, 2.24) is 9.78 Å². The Morgan fingerprint density at radius 2 is 2.42 bits per heavy atom. The molecule has 1 heterocycles. The van der Waals surface area contributed by atoms with Crippen LogP contribution in [0.2, 0.25) is 0 Å². The number of aryl methyl sites for hydroxylation is 2. The number of hydrogen-bond acceptors (Lipinski definition) is 3. The minimum atomic E-state index is 0.566. The fraction of sp³-hybridized carbons (Fsp3) is 0.625. The lowest BCUT2D eigenvalue weighted by molar-refractivity contribution is 0.123. The summed E-state index contributed by atoms with van der Waals surface area (Å²) in [5, 5.41) is 4.20. The Morgan fingerprint density at radius 3 is 2.92 bits per heavy atom. The van der Waals surface area contributed by atoms with Crippen LogP contribution in [0.5, 0.6) is 0 Å². The molecule has 1 rings (SSSR count). The molecule has 0 aliphatic carbocycles. The Bertz CT molecular complexity index is 244. The first kappa shape index (κ1) is 9.22. The SMILES string of the molecule is Cc1cc(COCCN)n(C)n1. The second-order valence-electron chi connectivity index (χ2n) is 2.74. The zero-order valence-corrected chi connectivity index (χ0v) is 7.58. The molecule has 0 radical (unpaired) electrons. The van der Waals surface area contributed by atoms with E-state index in [2.05, 4.69) is 5.10 Å². The van der Waals surface area contributed by atoms with Gasteiger partial charge in [0, 0.05) is 13.6 Å². The van der Waals surface area contributed by atoms with E-state index >= 15 is 0 Å². The van der Waals surface area contributed by atoms with E-state index in [0.29, 0.717) is 19.8 Å². The lowest BCUT2D eigenvalue weighted by Gasteiger charge is -2.01. The highest BCUT2D eigenvalue weighted by atomic mass is 16.5. The molecule has 0 aliphatic rings. The average Bonchev–Trinajstić information content (AvgIpc) is 2.31. The van der Waals surface area contributed by atoms with Crippen LogP contribution in [0.3, 0.4) is 0 Å². The second-order valence-corrected chi connectivity index (χ2v) is 2.74. The summed E-state index contributed by atoms with van der Waals surface area (Å²) in [4.78, 5) is 0. The molecule has 2 N–H and O–H groups in total. The molecule has 0 spiro atoms. The van der Waals surface area contributed by atoms with Gasteiger partial charge in [0.1, 0.15) is 0 Å². The van der Waals surface area contributed by atoms with Gasteiger partial charge in [0.05, 0.1) is 24.6 Å². The molecule has 4 nitrogen and oxygen atoms in total. The molecule has 12 heavy (non-hydrogen) atoms. The van der Waals surface area contributed by atoms with Crippen LogP contribution >= 0.6 is 0 Å². The number of hydrogen-bond donors (Lipinski definition) is 1. The lowest BCUT2D eigenvalue weighted by atomic mass is 10.4. The lowest BCUT2D eigenvalue weighted by Crippen LogP contribution is -2.09. The summed E-state index contributed by atoms with van der Waals surface area (Å²) in [5.41, 5.74) is 7.39. The predicted molar refractivity (Wildman–Crippen MR) is 46.7 cm³/mol. The van der Waals surface area contributed by atoms with Gasteiger partial charge in [-0.25, -0.2) is 0 Å². The van der Waals surface area contributed by atoms with Gasteiger partial charge in [0.15, 0.2) is 0 Å². The van der Waals surface area contributed by atoms with Crippen molar-refractivity contribution in [2.24, 2.45) is 12.8 Å². The molecule has 1 aromatic rings. The van der Waals surface area contributed by atoms with E-state index in [9.17, 15) is 0 Å². The topological polar surface area (TPSA) is 53.1 Å². The summed E-state index contributed by atoms with van der Waals surface area (Å²) >= 11 is 0. The normalized spacial score (nSPS) is 10.6. The summed E-state index contributed by atoms with van der Waals surface area (Å²) in [5.74, 6) is 0. The van der Waals surface area contributed by atoms with E-state index in [1.54, 1.807) is 0 Å². The van der Waals surface area contributed by atoms with E-state index < -0.39 is 0 Å². The van der Waals surface area contributed by atoms with Crippen molar-refractivity contribution in [2.45, 2.75) is 13.5 Å². The van der Waals surface area contributed by atoms with Gasteiger partial charge in [0.25, 0.3) is 0 Å². The molecule has 1 aromatic heterocycles. The molecule has 0 saturated carbocycles. The van der Waals surface area contributed by atoms with Crippen molar-refractivity contribution in [2.75, 3.05) is 13.2 Å². The molecule has 0 unspecified atom stereocenters. The first-order valence-corrected chi connectivity index (χ1v) is 4.01. The highest BCUT2D eigenvalue weighted by molar-refractivity contribution is 5.07. The van der Waals surface area contributed by atoms with Crippen LogP contribution in [0.15, 0.2) is 6.07 Å². The molecule has 0 amide bonds. The second kappa shape index (κ2) is 4.23. The van der Waals surface area contributed by atoms with Crippen molar-refractivity contribution in [3.63, 3.8) is 0 Å². The van der Waals surface area contributed by atoms with E-state index in [1.807, 2.05) is 24.7 Å². The molecule has 0 fully saturated rings. The molecule has 68 valence electrons. The van der Waals surface area contributed by atoms with Crippen LogP contribution in [0, 0.1) is 6.92 Å². The van der Waals surface area contributed by atoms with Crippen molar-refractivity contribution >= 4 is 0 Å². The van der Waals surface area contributed by atoms with E-state index in [4.69, 9.17) is 10.5 Å². The first-order chi connectivity index (χ1) is 5.74. The van der Waals surface area contributed by atoms with Crippen LogP contribution in [-0.4, -0.2) is 22.9 Å². The summed E-state index contributed by atoms with van der Waals surface area (Å²) in [6.45, 7) is 3.72. The molecular weight excluding hydrogens is 154 g/mol. The van der Waals surface area contributed by atoms with Crippen LogP contribution in [0.25, 0.3) is 0 Å². The van der Waals surface area contributed by atoms with Gasteiger partial charge >= 0.3 is 0 Å². The van der Waals surface area contributed by atoms with Gasteiger partial charge in [-0.05, 0) is 13.0 Å². The molecule has 0 saturated heterocycles. The summed E-state index contributed by atoms with van der Waals surface area (Å²) in [6, 6.07) is 2.01. The minimum Gasteiger partial charge on any atom is -0.374 e. The third-order valence-corrected chi connectivity index (χ3v) is 1.61. The Kier molecular flexibility index (Phi) is 3.25. The number of aromatic nitrogens is 2. The Hall–Kier alpha value is -0.870. The largest absolute Gasteiger partial charge is 0.374 e. The van der Waals surface area contributed by atoms with Crippen LogP contribution < -0.4 is 5.73 Å². The molecule has 0 aliphatic heterocycles. The van der Waals surface area contributed by atoms with Crippen molar-refractivity contribution in [3.8, 4) is 0 Å². The standard InChI is InChI=1S/C8H15N3O/c1-7-5-8(11(2)10-7)6-12-4-3-9/h5H,3-4,6,9H2,1-2H3. The van der Waals surface area contributed by atoms with Crippen LogP contribution in [-0.2, 0) is 18.4 Å². The van der Waals surface area contributed by atoms with Gasteiger partial charge in [-0.2, -0.15) is 5.10 Å². The van der Waals surface area contributed by atoms with Crippen LogP contribution in [0.1, 0.15) is 11.4 Å². The van der Waals surface area contributed by atoms with Gasteiger partial charge in [-0.15, -0.1) is 0 Å². The van der Waals surface area contributed by atoms with Gasteiger partial charge in [-0.1, -0.05) is 0 Å². The fourth-order valence-corrected chi connectivity index (χ4v) is 1.06. The smallest absolute Gasteiger partial charge is 0.0885 e. The van der Waals surface area contributed by atoms with Crippen molar-refractivity contribution in [3.05, 3.63) is 17.5 Å². The average molecular weight is 169 g/mol. The van der Waals surface area contributed by atoms with Crippen molar-refractivity contribution in [1.29, 1.82) is 0 Å². The predicted octanol–water partition coefficient (Wildman–Crippen LogP) is 0.204. The summed E-state index contributed by atoms with van der Waals surface area (Å²) < 4.78 is 7.10. The van der Waals surface area contributed by atoms with Gasteiger partial charge < -0.3 is 10.5 Å². The Morgan fingerprint density at radius 1 is 1.67 bits per heavy atom. The van der Waals surface area contributed by atoms with Crippen LogP contribution in [0.4, 0.5) is 0 Å². The van der Waals surface area contributed by atoms with Gasteiger partial charge in [-0.3, -0.25) is 4.68 Å². The van der Waals surface area contributed by atoms with E-state index in [-0.39, 0.29) is 0 Å². The van der Waals surface area contributed by atoms with Crippen molar-refractivity contribution < 1.29 is 4.74 Å². The monoisotopic (exact) mass is 169 g/mol. The highest BCUT2D eigenvalue weighted by Gasteiger charge is 2.00. The Balaban J connectivity index is 2.45. The highest BCUT2D eigenvalue weighted by Crippen LogP contribution is 2.02. The minimum absolute atomic E-state index is 0.566. The zero-order chi connectivity index (χ0) is 8.97. The number of nitrogens with two attached hydrogens (primary N) is 1. The van der Waals surface area contributed by atoms with E-state index in [1.165, 1.54) is 0 Å². The zero-order valence-electron chi connectivity index (χ0n) is 7.58. The fourth-order valence-electron chi connectivity index (χ4n) is 1.06. The molecule has 0 atom stereocenters. The number of nitrogens with zero attached hydrogens (tertiary/aromatic N) is 2. The third-order valence-electron chi connectivity index (χ3n) is 1.61. The Labute approximate surface area is 72.3 Å². The quantitative estimate of drug-likeness (QED) is 0.655. The maximum Gasteiger partial charge on any atom is 0.0885 e. The first-order valence-electron chi connectivity index (χ1n) is 4.01. The summed E-state index contributed by atoms with van der Waals surface area (Å²) in [6.07, 6.45) is 0. The maximum atomic E-state index is 5.29. The third kappa shape index (κ3) is 2.32. The van der Waals surface area contributed by atoms with Gasteiger partial charge in [0.2, 0.25) is 0 Å². The molecule has 4 heteroatoms. The number of rotatable bonds is 4.